The van der Waals surface area contributed by atoms with Crippen LogP contribution in [0, 0.1) is 6.92 Å². The molecule has 1 aromatic heterocycles. The second-order valence-corrected chi connectivity index (χ2v) is 6.19. The molecule has 0 saturated heterocycles. The van der Waals surface area contributed by atoms with Crippen molar-refractivity contribution in [3.63, 3.8) is 0 Å². The number of ether oxygens (including phenoxy) is 1. The lowest BCUT2D eigenvalue weighted by Gasteiger charge is -2.06. The molecular formula is C12H23N3O4S. The van der Waals surface area contributed by atoms with Gasteiger partial charge in [-0.3, -0.25) is 5.10 Å². The summed E-state index contributed by atoms with van der Waals surface area (Å²) in [5.41, 5.74) is 0.854. The maximum absolute atomic E-state index is 12.0. The molecule has 3 N–H and O–H groups in total. The number of unbranched alkanes of at least 4 members (excludes halogenated alkanes) is 1. The quantitative estimate of drug-likeness (QED) is 0.552. The summed E-state index contributed by atoms with van der Waals surface area (Å²) in [4.78, 5) is 0. The molecule has 0 aliphatic heterocycles. The predicted octanol–water partition coefficient (Wildman–Crippen LogP) is 0.696. The van der Waals surface area contributed by atoms with Crippen LogP contribution >= 0.6 is 0 Å². The Bertz CT molecular complexity index is 499. The Kier molecular flexibility index (Phi) is 7.14. The van der Waals surface area contributed by atoms with Gasteiger partial charge in [-0.15, -0.1) is 0 Å². The topological polar surface area (TPSA) is 104 Å². The predicted molar refractivity (Wildman–Crippen MR) is 74.8 cm³/mol. The Morgan fingerprint density at radius 1 is 1.35 bits per heavy atom. The van der Waals surface area contributed by atoms with Crippen LogP contribution in [0.2, 0.25) is 0 Å². The molecule has 0 unspecified atom stereocenters. The number of aromatic amines is 1. The van der Waals surface area contributed by atoms with Crippen molar-refractivity contribution in [2.45, 2.75) is 44.7 Å². The van der Waals surface area contributed by atoms with E-state index < -0.39 is 10.0 Å². The third kappa shape index (κ3) is 4.86. The molecule has 0 bridgehead atoms. The van der Waals surface area contributed by atoms with Crippen LogP contribution in [0.5, 0.6) is 0 Å². The van der Waals surface area contributed by atoms with Crippen molar-refractivity contribution < 1.29 is 18.3 Å². The van der Waals surface area contributed by atoms with Gasteiger partial charge in [0.25, 0.3) is 10.0 Å². The molecule has 0 aromatic carbocycles. The second kappa shape index (κ2) is 8.35. The largest absolute Gasteiger partial charge is 0.392 e. The van der Waals surface area contributed by atoms with E-state index in [1.807, 2.05) is 0 Å². The molecule has 1 heterocycles. The first-order chi connectivity index (χ1) is 9.53. The van der Waals surface area contributed by atoms with Gasteiger partial charge in [-0.1, -0.05) is 13.3 Å². The summed E-state index contributed by atoms with van der Waals surface area (Å²) in [7, 11) is -3.69. The highest BCUT2D eigenvalue weighted by molar-refractivity contribution is 7.89. The van der Waals surface area contributed by atoms with Crippen LogP contribution in [0.4, 0.5) is 0 Å². The summed E-state index contributed by atoms with van der Waals surface area (Å²) >= 11 is 0. The van der Waals surface area contributed by atoms with E-state index >= 15 is 0 Å². The van der Waals surface area contributed by atoms with E-state index in [0.29, 0.717) is 30.9 Å². The van der Waals surface area contributed by atoms with Gasteiger partial charge in [-0.2, -0.15) is 5.10 Å². The van der Waals surface area contributed by atoms with Gasteiger partial charge in [0, 0.05) is 31.0 Å². The standard InChI is InChI=1S/C12H23N3O4S/c1-3-4-7-19-8-5-6-13-20(17,18)12-11(9-16)10(2)14-15-12/h13,16H,3-9H2,1-2H3,(H,14,15). The van der Waals surface area contributed by atoms with E-state index in [1.165, 1.54) is 0 Å². The summed E-state index contributed by atoms with van der Waals surface area (Å²) < 4.78 is 31.8. The fourth-order valence-electron chi connectivity index (χ4n) is 1.64. The second-order valence-electron chi connectivity index (χ2n) is 4.51. The van der Waals surface area contributed by atoms with E-state index in [9.17, 15) is 13.5 Å². The number of sulfonamides is 1. The van der Waals surface area contributed by atoms with E-state index in [-0.39, 0.29) is 18.2 Å². The monoisotopic (exact) mass is 305 g/mol. The summed E-state index contributed by atoms with van der Waals surface area (Å²) in [5.74, 6) is 0. The van der Waals surface area contributed by atoms with Gasteiger partial charge in [-0.05, 0) is 19.8 Å². The van der Waals surface area contributed by atoms with Gasteiger partial charge in [0.2, 0.25) is 0 Å². The number of rotatable bonds is 10. The molecule has 0 atom stereocenters. The van der Waals surface area contributed by atoms with E-state index in [2.05, 4.69) is 21.8 Å². The SMILES string of the molecule is CCCCOCCCNS(=O)(=O)c1n[nH]c(C)c1CO. The van der Waals surface area contributed by atoms with E-state index in [1.54, 1.807) is 6.92 Å². The number of nitrogens with zero attached hydrogens (tertiary/aromatic N) is 1. The van der Waals surface area contributed by atoms with E-state index in [0.717, 1.165) is 12.8 Å². The van der Waals surface area contributed by atoms with Crippen molar-refractivity contribution in [1.82, 2.24) is 14.9 Å². The zero-order chi connectivity index (χ0) is 15.0. The van der Waals surface area contributed by atoms with Gasteiger partial charge in [0.1, 0.15) is 0 Å². The van der Waals surface area contributed by atoms with Gasteiger partial charge in [0.05, 0.1) is 6.61 Å². The number of hydrogen-bond donors (Lipinski definition) is 3. The lowest BCUT2D eigenvalue weighted by Crippen LogP contribution is -2.27. The zero-order valence-electron chi connectivity index (χ0n) is 12.0. The van der Waals surface area contributed by atoms with Crippen molar-refractivity contribution in [3.8, 4) is 0 Å². The maximum Gasteiger partial charge on any atom is 0.260 e. The van der Waals surface area contributed by atoms with Crippen molar-refractivity contribution in [2.75, 3.05) is 19.8 Å². The van der Waals surface area contributed by atoms with Crippen LogP contribution < -0.4 is 4.72 Å². The molecule has 116 valence electrons. The Labute approximate surface area is 119 Å². The number of aromatic nitrogens is 2. The maximum atomic E-state index is 12.0. The van der Waals surface area contributed by atoms with E-state index in [4.69, 9.17) is 4.74 Å². The number of nitrogens with one attached hydrogen (secondary N) is 2. The number of hydrogen-bond acceptors (Lipinski definition) is 5. The van der Waals surface area contributed by atoms with Gasteiger partial charge in [0.15, 0.2) is 5.03 Å². The summed E-state index contributed by atoms with van der Waals surface area (Å²) in [5, 5.41) is 15.3. The number of aliphatic hydroxyl groups excluding tert-OH is 1. The fraction of sp³-hybridized carbons (Fsp3) is 0.750. The molecule has 8 heteroatoms. The highest BCUT2D eigenvalue weighted by Gasteiger charge is 2.22. The Balaban J connectivity index is 2.42. The Hall–Kier alpha value is -0.960. The lowest BCUT2D eigenvalue weighted by atomic mass is 10.3. The average molecular weight is 305 g/mol. The van der Waals surface area contributed by atoms with Crippen molar-refractivity contribution in [1.29, 1.82) is 0 Å². The molecule has 0 aliphatic carbocycles. The minimum atomic E-state index is -3.69. The summed E-state index contributed by atoms with van der Waals surface area (Å²) in [6.45, 7) is 4.90. The smallest absolute Gasteiger partial charge is 0.260 e. The Morgan fingerprint density at radius 3 is 2.70 bits per heavy atom. The number of aliphatic hydroxyl groups is 1. The van der Waals surface area contributed by atoms with Crippen LogP contribution in [0.1, 0.15) is 37.4 Å². The third-order valence-corrected chi connectivity index (χ3v) is 4.28. The van der Waals surface area contributed by atoms with Crippen molar-refractivity contribution >= 4 is 10.0 Å². The van der Waals surface area contributed by atoms with Gasteiger partial charge >= 0.3 is 0 Å². The number of aryl methyl sites for hydroxylation is 1. The fourth-order valence-corrected chi connectivity index (χ4v) is 2.89. The molecule has 0 radical (unpaired) electrons. The summed E-state index contributed by atoms with van der Waals surface area (Å²) in [6, 6.07) is 0. The molecule has 20 heavy (non-hydrogen) atoms. The normalized spacial score (nSPS) is 11.9. The van der Waals surface area contributed by atoms with Crippen LogP contribution in [-0.4, -0.2) is 43.5 Å². The first-order valence-electron chi connectivity index (χ1n) is 6.75. The minimum absolute atomic E-state index is 0.135. The highest BCUT2D eigenvalue weighted by Crippen LogP contribution is 2.15. The van der Waals surface area contributed by atoms with Crippen LogP contribution in [0.25, 0.3) is 0 Å². The highest BCUT2D eigenvalue weighted by atomic mass is 32.2. The third-order valence-electron chi connectivity index (χ3n) is 2.85. The molecule has 0 spiro atoms. The van der Waals surface area contributed by atoms with Crippen LogP contribution in [0.15, 0.2) is 5.03 Å². The number of H-pyrrole nitrogens is 1. The van der Waals surface area contributed by atoms with Gasteiger partial charge < -0.3 is 9.84 Å². The molecule has 0 fully saturated rings. The Morgan fingerprint density at radius 2 is 2.05 bits per heavy atom. The van der Waals surface area contributed by atoms with Gasteiger partial charge in [-0.25, -0.2) is 13.1 Å². The average Bonchev–Trinajstić information content (AvgIpc) is 2.79. The molecule has 1 aromatic rings. The van der Waals surface area contributed by atoms with Crippen LogP contribution in [0.3, 0.4) is 0 Å². The molecule has 7 nitrogen and oxygen atoms in total. The molecule has 1 rings (SSSR count). The van der Waals surface area contributed by atoms with Crippen molar-refractivity contribution in [3.05, 3.63) is 11.3 Å². The molecule has 0 aliphatic rings. The first kappa shape index (κ1) is 17.1. The summed E-state index contributed by atoms with van der Waals surface area (Å²) in [6.07, 6.45) is 2.69. The first-order valence-corrected chi connectivity index (χ1v) is 8.23. The molecule has 0 amide bonds. The zero-order valence-corrected chi connectivity index (χ0v) is 12.8. The minimum Gasteiger partial charge on any atom is -0.392 e. The molecule has 0 saturated carbocycles. The lowest BCUT2D eigenvalue weighted by molar-refractivity contribution is 0.130. The van der Waals surface area contributed by atoms with Crippen LogP contribution in [-0.2, 0) is 21.4 Å². The van der Waals surface area contributed by atoms with Crippen molar-refractivity contribution in [2.24, 2.45) is 0 Å². The molecular weight excluding hydrogens is 282 g/mol.